The van der Waals surface area contributed by atoms with E-state index in [-0.39, 0.29) is 0 Å². The van der Waals surface area contributed by atoms with Crippen molar-refractivity contribution in [2.75, 3.05) is 13.6 Å². The fraction of sp³-hybridized carbons (Fsp3) is 0.235. The van der Waals surface area contributed by atoms with Gasteiger partial charge in [0.15, 0.2) is 0 Å². The van der Waals surface area contributed by atoms with Crippen molar-refractivity contribution in [3.8, 4) is 17.3 Å². The Morgan fingerprint density at radius 2 is 2.00 bits per heavy atom. The number of hydrogen-bond donors (Lipinski definition) is 0. The molecular weight excluding hydrogens is 290 g/mol. The molecule has 1 aliphatic heterocycles. The molecule has 3 aromatic rings. The zero-order chi connectivity index (χ0) is 15.6. The maximum Gasteiger partial charge on any atom is 0.227 e. The summed E-state index contributed by atoms with van der Waals surface area (Å²) < 4.78 is 7.80. The molecule has 0 aliphatic carbocycles. The standard InChI is InChI=1S/C17H17N5O/c1-21-10-7-16-15(11-21)17(19-12-18-16)23-14-5-3-13(4-6-14)22-9-2-8-20-22/h2-6,8-9,12H,7,10-11H2,1H3. The van der Waals surface area contributed by atoms with Gasteiger partial charge in [-0.15, -0.1) is 0 Å². The van der Waals surface area contributed by atoms with E-state index in [0.29, 0.717) is 5.88 Å². The van der Waals surface area contributed by atoms with E-state index in [1.165, 1.54) is 0 Å². The SMILES string of the molecule is CN1CCc2ncnc(Oc3ccc(-n4cccn4)cc3)c2C1. The number of benzene rings is 1. The molecule has 0 bridgehead atoms. The third-order valence-corrected chi connectivity index (χ3v) is 3.97. The van der Waals surface area contributed by atoms with Gasteiger partial charge in [-0.25, -0.2) is 14.6 Å². The van der Waals surface area contributed by atoms with Crippen LogP contribution in [0.1, 0.15) is 11.3 Å². The molecule has 0 spiro atoms. The molecule has 0 radical (unpaired) electrons. The van der Waals surface area contributed by atoms with Gasteiger partial charge in [0, 0.05) is 31.9 Å². The Labute approximate surface area is 134 Å². The number of likely N-dealkylation sites (N-methyl/N-ethyl adjacent to an activating group) is 1. The van der Waals surface area contributed by atoms with Crippen molar-refractivity contribution in [2.24, 2.45) is 0 Å². The van der Waals surface area contributed by atoms with Crippen molar-refractivity contribution in [1.29, 1.82) is 0 Å². The molecule has 6 nitrogen and oxygen atoms in total. The van der Waals surface area contributed by atoms with Gasteiger partial charge in [-0.3, -0.25) is 0 Å². The van der Waals surface area contributed by atoms with Crippen LogP contribution in [0.5, 0.6) is 11.6 Å². The van der Waals surface area contributed by atoms with Crippen molar-refractivity contribution < 1.29 is 4.74 Å². The maximum absolute atomic E-state index is 5.99. The van der Waals surface area contributed by atoms with Gasteiger partial charge < -0.3 is 9.64 Å². The second kappa shape index (κ2) is 5.81. The maximum atomic E-state index is 5.99. The monoisotopic (exact) mass is 307 g/mol. The van der Waals surface area contributed by atoms with Crippen molar-refractivity contribution in [1.82, 2.24) is 24.6 Å². The molecule has 1 aliphatic rings. The van der Waals surface area contributed by atoms with Gasteiger partial charge in [-0.05, 0) is 37.4 Å². The first-order valence-corrected chi connectivity index (χ1v) is 7.59. The lowest BCUT2D eigenvalue weighted by Gasteiger charge is -2.25. The molecule has 116 valence electrons. The van der Waals surface area contributed by atoms with Crippen molar-refractivity contribution in [2.45, 2.75) is 13.0 Å². The van der Waals surface area contributed by atoms with E-state index in [2.05, 4.69) is 27.0 Å². The largest absolute Gasteiger partial charge is 0.439 e. The summed E-state index contributed by atoms with van der Waals surface area (Å²) in [5.41, 5.74) is 3.16. The van der Waals surface area contributed by atoms with E-state index in [1.807, 2.05) is 41.2 Å². The average Bonchev–Trinajstić information content (AvgIpc) is 3.11. The molecular formula is C17H17N5O. The third-order valence-electron chi connectivity index (χ3n) is 3.97. The molecule has 6 heteroatoms. The number of nitrogens with zero attached hydrogens (tertiary/aromatic N) is 5. The van der Waals surface area contributed by atoms with E-state index in [4.69, 9.17) is 4.74 Å². The molecule has 23 heavy (non-hydrogen) atoms. The lowest BCUT2D eigenvalue weighted by Crippen LogP contribution is -2.27. The molecule has 0 atom stereocenters. The van der Waals surface area contributed by atoms with Crippen LogP contribution < -0.4 is 4.74 Å². The molecule has 0 saturated carbocycles. The fourth-order valence-electron chi connectivity index (χ4n) is 2.74. The zero-order valence-electron chi connectivity index (χ0n) is 12.9. The second-order valence-electron chi connectivity index (χ2n) is 5.64. The predicted molar refractivity (Wildman–Crippen MR) is 85.7 cm³/mol. The van der Waals surface area contributed by atoms with Gasteiger partial charge >= 0.3 is 0 Å². The van der Waals surface area contributed by atoms with Crippen LogP contribution in [-0.2, 0) is 13.0 Å². The van der Waals surface area contributed by atoms with Gasteiger partial charge in [-0.1, -0.05) is 0 Å². The second-order valence-corrected chi connectivity index (χ2v) is 5.64. The quantitative estimate of drug-likeness (QED) is 0.744. The first kappa shape index (κ1) is 13.9. The van der Waals surface area contributed by atoms with Crippen LogP contribution in [0.4, 0.5) is 0 Å². The molecule has 0 fully saturated rings. The Morgan fingerprint density at radius 1 is 1.13 bits per heavy atom. The minimum absolute atomic E-state index is 0.647. The summed E-state index contributed by atoms with van der Waals surface area (Å²) in [7, 11) is 2.10. The van der Waals surface area contributed by atoms with Crippen molar-refractivity contribution in [3.05, 3.63) is 60.3 Å². The molecule has 0 amide bonds. The van der Waals surface area contributed by atoms with Crippen LogP contribution >= 0.6 is 0 Å². The van der Waals surface area contributed by atoms with Gasteiger partial charge in [0.2, 0.25) is 5.88 Å². The fourth-order valence-corrected chi connectivity index (χ4v) is 2.74. The highest BCUT2D eigenvalue weighted by Gasteiger charge is 2.19. The van der Waals surface area contributed by atoms with Crippen LogP contribution in [-0.4, -0.2) is 38.2 Å². The van der Waals surface area contributed by atoms with E-state index in [1.54, 1.807) is 12.5 Å². The normalized spacial score (nSPS) is 14.5. The summed E-state index contributed by atoms with van der Waals surface area (Å²) in [5.74, 6) is 1.41. The summed E-state index contributed by atoms with van der Waals surface area (Å²) in [4.78, 5) is 10.9. The highest BCUT2D eigenvalue weighted by molar-refractivity contribution is 5.40. The number of fused-ring (bicyclic) bond motifs is 1. The highest BCUT2D eigenvalue weighted by Crippen LogP contribution is 2.28. The van der Waals surface area contributed by atoms with Crippen LogP contribution in [0.15, 0.2) is 49.1 Å². The average molecular weight is 307 g/mol. The lowest BCUT2D eigenvalue weighted by atomic mass is 10.1. The first-order chi connectivity index (χ1) is 11.3. The molecule has 3 heterocycles. The molecule has 0 unspecified atom stereocenters. The summed E-state index contributed by atoms with van der Waals surface area (Å²) in [6, 6.07) is 9.70. The summed E-state index contributed by atoms with van der Waals surface area (Å²) in [6.45, 7) is 1.83. The minimum Gasteiger partial charge on any atom is -0.439 e. The topological polar surface area (TPSA) is 56.1 Å². The van der Waals surface area contributed by atoms with Crippen LogP contribution in [0.25, 0.3) is 5.69 Å². The Balaban J connectivity index is 1.59. The summed E-state index contributed by atoms with van der Waals surface area (Å²) in [6.07, 6.45) is 6.18. The van der Waals surface area contributed by atoms with Gasteiger partial charge in [0.1, 0.15) is 12.1 Å². The third kappa shape index (κ3) is 2.80. The van der Waals surface area contributed by atoms with Crippen molar-refractivity contribution >= 4 is 0 Å². The number of aromatic nitrogens is 4. The van der Waals surface area contributed by atoms with E-state index >= 15 is 0 Å². The van der Waals surface area contributed by atoms with E-state index in [0.717, 1.165) is 42.2 Å². The van der Waals surface area contributed by atoms with Gasteiger partial charge in [-0.2, -0.15) is 5.10 Å². The number of ether oxygens (including phenoxy) is 1. The summed E-state index contributed by atoms with van der Waals surface area (Å²) >= 11 is 0. The minimum atomic E-state index is 0.647. The summed E-state index contributed by atoms with van der Waals surface area (Å²) in [5, 5.41) is 4.22. The molecule has 2 aromatic heterocycles. The Kier molecular flexibility index (Phi) is 3.51. The molecule has 4 rings (SSSR count). The van der Waals surface area contributed by atoms with E-state index < -0.39 is 0 Å². The molecule has 0 saturated heterocycles. The Morgan fingerprint density at radius 3 is 2.78 bits per heavy atom. The Bertz CT molecular complexity index is 798. The van der Waals surface area contributed by atoms with Crippen molar-refractivity contribution in [3.63, 3.8) is 0 Å². The Hall–Kier alpha value is -2.73. The van der Waals surface area contributed by atoms with Crippen LogP contribution in [0, 0.1) is 0 Å². The van der Waals surface area contributed by atoms with Crippen LogP contribution in [0.2, 0.25) is 0 Å². The highest BCUT2D eigenvalue weighted by atomic mass is 16.5. The first-order valence-electron chi connectivity index (χ1n) is 7.59. The number of hydrogen-bond acceptors (Lipinski definition) is 5. The molecule has 1 aromatic carbocycles. The number of rotatable bonds is 3. The molecule has 0 N–H and O–H groups in total. The zero-order valence-corrected chi connectivity index (χ0v) is 12.9. The van der Waals surface area contributed by atoms with Crippen LogP contribution in [0.3, 0.4) is 0 Å². The van der Waals surface area contributed by atoms with Gasteiger partial charge in [0.05, 0.1) is 16.9 Å². The van der Waals surface area contributed by atoms with E-state index in [9.17, 15) is 0 Å². The lowest BCUT2D eigenvalue weighted by molar-refractivity contribution is 0.300. The predicted octanol–water partition coefficient (Wildman–Crippen LogP) is 2.44. The van der Waals surface area contributed by atoms with Gasteiger partial charge in [0.25, 0.3) is 0 Å². The smallest absolute Gasteiger partial charge is 0.227 e.